The largest absolute Gasteiger partial charge is 0.368 e. The molecular weight excluding hydrogens is 217 g/mol. The second-order valence-corrected chi connectivity index (χ2v) is 4.91. The summed E-state index contributed by atoms with van der Waals surface area (Å²) in [7, 11) is 0. The molecule has 1 aliphatic heterocycles. The molecule has 2 atom stereocenters. The Morgan fingerprint density at radius 2 is 2.12 bits per heavy atom. The molecule has 2 nitrogen and oxygen atoms in total. The van der Waals surface area contributed by atoms with Crippen molar-refractivity contribution in [3.8, 4) is 0 Å². The van der Waals surface area contributed by atoms with Crippen molar-refractivity contribution in [2.75, 3.05) is 11.4 Å². The molecule has 1 aromatic carbocycles. The molecule has 0 bridgehead atoms. The van der Waals surface area contributed by atoms with Crippen molar-refractivity contribution in [3.05, 3.63) is 29.6 Å². The van der Waals surface area contributed by atoms with Gasteiger partial charge in [0.2, 0.25) is 0 Å². The molecule has 3 heteroatoms. The van der Waals surface area contributed by atoms with Crippen molar-refractivity contribution in [1.82, 2.24) is 0 Å². The van der Waals surface area contributed by atoms with Gasteiger partial charge in [-0.05, 0) is 43.9 Å². The van der Waals surface area contributed by atoms with Crippen molar-refractivity contribution in [2.45, 2.75) is 32.7 Å². The molecule has 0 aromatic heterocycles. The first-order chi connectivity index (χ1) is 8.11. The number of aldehydes is 1. The number of rotatable bonds is 2. The number of carbonyl (C=O) groups excluding carboxylic acids is 1. The molecule has 1 fully saturated rings. The minimum Gasteiger partial charge on any atom is -0.368 e. The summed E-state index contributed by atoms with van der Waals surface area (Å²) in [6, 6.07) is 4.95. The Balaban J connectivity index is 2.32. The normalized spacial score (nSPS) is 24.8. The number of carbonyl (C=O) groups is 1. The van der Waals surface area contributed by atoms with Gasteiger partial charge in [0.15, 0.2) is 0 Å². The van der Waals surface area contributed by atoms with E-state index in [1.165, 1.54) is 18.6 Å². The molecule has 0 amide bonds. The van der Waals surface area contributed by atoms with Gasteiger partial charge >= 0.3 is 0 Å². The quantitative estimate of drug-likeness (QED) is 0.733. The van der Waals surface area contributed by atoms with Crippen LogP contribution in [-0.4, -0.2) is 18.9 Å². The van der Waals surface area contributed by atoms with Gasteiger partial charge in [-0.2, -0.15) is 0 Å². The van der Waals surface area contributed by atoms with E-state index < -0.39 is 0 Å². The second kappa shape index (κ2) is 4.86. The molecule has 0 aliphatic carbocycles. The van der Waals surface area contributed by atoms with Crippen LogP contribution in [0.25, 0.3) is 0 Å². The molecule has 2 unspecified atom stereocenters. The Morgan fingerprint density at radius 1 is 1.35 bits per heavy atom. The number of anilines is 1. The summed E-state index contributed by atoms with van der Waals surface area (Å²) in [5.74, 6) is 0.265. The molecule has 0 spiro atoms. The lowest BCUT2D eigenvalue weighted by atomic mass is 9.91. The number of hydrogen-bond acceptors (Lipinski definition) is 2. The average molecular weight is 235 g/mol. The maximum Gasteiger partial charge on any atom is 0.150 e. The fraction of sp³-hybridized carbons (Fsp3) is 0.500. The van der Waals surface area contributed by atoms with E-state index in [4.69, 9.17) is 0 Å². The lowest BCUT2D eigenvalue weighted by Crippen LogP contribution is -2.42. The van der Waals surface area contributed by atoms with Crippen molar-refractivity contribution < 1.29 is 9.18 Å². The highest BCUT2D eigenvalue weighted by atomic mass is 19.1. The highest BCUT2D eigenvalue weighted by molar-refractivity contribution is 5.77. The average Bonchev–Trinajstić information content (AvgIpc) is 2.31. The first-order valence-electron chi connectivity index (χ1n) is 6.14. The number of piperidine rings is 1. The Kier molecular flexibility index (Phi) is 3.46. The van der Waals surface area contributed by atoms with E-state index in [2.05, 4.69) is 18.7 Å². The van der Waals surface area contributed by atoms with Gasteiger partial charge in [-0.25, -0.2) is 4.39 Å². The molecule has 1 saturated heterocycles. The van der Waals surface area contributed by atoms with Crippen LogP contribution >= 0.6 is 0 Å². The van der Waals surface area contributed by atoms with E-state index >= 15 is 0 Å². The summed E-state index contributed by atoms with van der Waals surface area (Å²) in [4.78, 5) is 13.0. The topological polar surface area (TPSA) is 20.3 Å². The number of nitrogens with zero attached hydrogens (tertiary/aromatic N) is 1. The molecule has 0 saturated carbocycles. The van der Waals surface area contributed by atoms with Crippen molar-refractivity contribution in [2.24, 2.45) is 5.92 Å². The molecule has 1 aliphatic rings. The molecular formula is C14H18FNO. The number of benzene rings is 1. The first kappa shape index (κ1) is 12.1. The third-order valence-corrected chi connectivity index (χ3v) is 3.75. The summed E-state index contributed by atoms with van der Waals surface area (Å²) in [6.07, 6.45) is 3.04. The van der Waals surface area contributed by atoms with Gasteiger partial charge in [0.1, 0.15) is 12.1 Å². The summed E-state index contributed by atoms with van der Waals surface area (Å²) in [5.41, 5.74) is 1.23. The van der Waals surface area contributed by atoms with Crippen LogP contribution in [0, 0.1) is 11.7 Å². The Hall–Kier alpha value is -1.38. The van der Waals surface area contributed by atoms with E-state index in [0.717, 1.165) is 18.7 Å². The standard InChI is InChI=1S/C14H18FNO/c1-10-4-3-5-16(11(10)2)14-7-12(9-17)6-13(15)8-14/h6-11H,3-5H2,1-2H3. The van der Waals surface area contributed by atoms with Crippen molar-refractivity contribution in [1.29, 1.82) is 0 Å². The highest BCUT2D eigenvalue weighted by Gasteiger charge is 2.25. The number of halogens is 1. The number of hydrogen-bond donors (Lipinski definition) is 0. The van der Waals surface area contributed by atoms with Crippen molar-refractivity contribution in [3.63, 3.8) is 0 Å². The van der Waals surface area contributed by atoms with Gasteiger partial charge in [0.25, 0.3) is 0 Å². The van der Waals surface area contributed by atoms with Crippen LogP contribution in [0.5, 0.6) is 0 Å². The Bertz CT molecular complexity index is 419. The van der Waals surface area contributed by atoms with Gasteiger partial charge < -0.3 is 4.90 Å². The molecule has 2 rings (SSSR count). The van der Waals surface area contributed by atoms with Crippen LogP contribution < -0.4 is 4.90 Å². The fourth-order valence-electron chi connectivity index (χ4n) is 2.53. The van der Waals surface area contributed by atoms with Crippen molar-refractivity contribution >= 4 is 12.0 Å². The van der Waals surface area contributed by atoms with Crippen LogP contribution in [0.1, 0.15) is 37.0 Å². The van der Waals surface area contributed by atoms with Crippen LogP contribution in [-0.2, 0) is 0 Å². The van der Waals surface area contributed by atoms with Crippen LogP contribution in [0.2, 0.25) is 0 Å². The zero-order chi connectivity index (χ0) is 12.4. The zero-order valence-corrected chi connectivity index (χ0v) is 10.3. The first-order valence-corrected chi connectivity index (χ1v) is 6.14. The Labute approximate surface area is 101 Å². The van der Waals surface area contributed by atoms with Crippen LogP contribution in [0.4, 0.5) is 10.1 Å². The third-order valence-electron chi connectivity index (χ3n) is 3.75. The lowest BCUT2D eigenvalue weighted by molar-refractivity contribution is 0.112. The summed E-state index contributed by atoms with van der Waals surface area (Å²) >= 11 is 0. The summed E-state index contributed by atoms with van der Waals surface area (Å²) in [6.45, 7) is 5.32. The maximum absolute atomic E-state index is 13.4. The molecule has 0 radical (unpaired) electrons. The van der Waals surface area contributed by atoms with Gasteiger partial charge in [-0.15, -0.1) is 0 Å². The van der Waals surface area contributed by atoms with Crippen LogP contribution in [0.3, 0.4) is 0 Å². The highest BCUT2D eigenvalue weighted by Crippen LogP contribution is 2.29. The van der Waals surface area contributed by atoms with E-state index in [1.54, 1.807) is 6.07 Å². The van der Waals surface area contributed by atoms with Gasteiger partial charge in [0, 0.05) is 23.8 Å². The monoisotopic (exact) mass is 235 g/mol. The SMILES string of the molecule is CC1CCCN(c2cc(F)cc(C=O)c2)C1C. The molecule has 17 heavy (non-hydrogen) atoms. The van der Waals surface area contributed by atoms with Crippen LogP contribution in [0.15, 0.2) is 18.2 Å². The zero-order valence-electron chi connectivity index (χ0n) is 10.3. The minimum atomic E-state index is -0.338. The summed E-state index contributed by atoms with van der Waals surface area (Å²) < 4.78 is 13.4. The molecule has 92 valence electrons. The van der Waals surface area contributed by atoms with E-state index in [-0.39, 0.29) is 5.82 Å². The lowest BCUT2D eigenvalue weighted by Gasteiger charge is -2.39. The van der Waals surface area contributed by atoms with Gasteiger partial charge in [-0.1, -0.05) is 6.92 Å². The van der Waals surface area contributed by atoms with E-state index in [9.17, 15) is 9.18 Å². The predicted molar refractivity (Wildman–Crippen MR) is 67.0 cm³/mol. The third kappa shape index (κ3) is 2.48. The summed E-state index contributed by atoms with van der Waals surface area (Å²) in [5, 5.41) is 0. The Morgan fingerprint density at radius 3 is 2.82 bits per heavy atom. The molecule has 0 N–H and O–H groups in total. The minimum absolute atomic E-state index is 0.338. The van der Waals surface area contributed by atoms with E-state index in [0.29, 0.717) is 23.8 Å². The maximum atomic E-state index is 13.4. The van der Waals surface area contributed by atoms with E-state index in [1.807, 2.05) is 0 Å². The second-order valence-electron chi connectivity index (χ2n) is 4.91. The van der Waals surface area contributed by atoms with Gasteiger partial charge in [-0.3, -0.25) is 4.79 Å². The predicted octanol–water partition coefficient (Wildman–Crippen LogP) is 3.26. The molecule has 1 aromatic rings. The fourth-order valence-corrected chi connectivity index (χ4v) is 2.53. The smallest absolute Gasteiger partial charge is 0.150 e. The molecule has 1 heterocycles. The van der Waals surface area contributed by atoms with Gasteiger partial charge in [0.05, 0.1) is 0 Å².